The van der Waals surface area contributed by atoms with E-state index < -0.39 is 0 Å². The molecule has 4 nitrogen and oxygen atoms in total. The normalized spacial score (nSPS) is 13.4. The third-order valence-electron chi connectivity index (χ3n) is 2.63. The van der Waals surface area contributed by atoms with E-state index in [9.17, 15) is 0 Å². The summed E-state index contributed by atoms with van der Waals surface area (Å²) >= 11 is 0. The van der Waals surface area contributed by atoms with E-state index in [1.165, 1.54) is 0 Å². The van der Waals surface area contributed by atoms with Crippen LogP contribution in [0.3, 0.4) is 0 Å². The summed E-state index contributed by atoms with van der Waals surface area (Å²) in [6, 6.07) is 0.440. The van der Waals surface area contributed by atoms with Gasteiger partial charge in [0.1, 0.15) is 0 Å². The Morgan fingerprint density at radius 3 is 2.60 bits per heavy atom. The van der Waals surface area contributed by atoms with Crippen LogP contribution in [0.1, 0.15) is 26.2 Å². The van der Waals surface area contributed by atoms with E-state index in [4.69, 9.17) is 15.6 Å². The fraction of sp³-hybridized carbons (Fsp3) is 1.00. The Kier molecular flexibility index (Phi) is 10.3. The Morgan fingerprint density at radius 1 is 1.40 bits per heavy atom. The lowest BCUT2D eigenvalue weighted by Gasteiger charge is -2.30. The van der Waals surface area contributed by atoms with E-state index in [2.05, 4.69) is 11.8 Å². The monoisotopic (exact) mass is 218 g/mol. The molecule has 15 heavy (non-hydrogen) atoms. The molecular formula is C11H26N2O2. The molecule has 0 aliphatic rings. The van der Waals surface area contributed by atoms with Gasteiger partial charge >= 0.3 is 0 Å². The molecule has 0 fully saturated rings. The number of methoxy groups -OCH3 is 1. The minimum absolute atomic E-state index is 0.257. The van der Waals surface area contributed by atoms with Gasteiger partial charge in [-0.2, -0.15) is 0 Å². The maximum absolute atomic E-state index is 8.82. The Balaban J connectivity index is 4.00. The van der Waals surface area contributed by atoms with Gasteiger partial charge in [0.15, 0.2) is 0 Å². The first-order valence-corrected chi connectivity index (χ1v) is 5.84. The molecular weight excluding hydrogens is 192 g/mol. The summed E-state index contributed by atoms with van der Waals surface area (Å²) in [5.74, 6) is 0. The highest BCUT2D eigenvalue weighted by Gasteiger charge is 2.15. The van der Waals surface area contributed by atoms with E-state index in [1.807, 2.05) is 0 Å². The molecule has 3 N–H and O–H groups in total. The molecule has 0 aromatic carbocycles. The molecule has 0 amide bonds. The number of hydrogen-bond acceptors (Lipinski definition) is 4. The molecule has 1 unspecified atom stereocenters. The smallest absolute Gasteiger partial charge is 0.0618 e. The predicted octanol–water partition coefficient (Wildman–Crippen LogP) is 0.445. The van der Waals surface area contributed by atoms with Crippen LogP contribution in [-0.2, 0) is 4.74 Å². The molecule has 0 heterocycles. The van der Waals surface area contributed by atoms with E-state index in [0.717, 1.165) is 45.5 Å². The highest BCUT2D eigenvalue weighted by Crippen LogP contribution is 2.08. The van der Waals surface area contributed by atoms with E-state index in [-0.39, 0.29) is 6.61 Å². The summed E-state index contributed by atoms with van der Waals surface area (Å²) in [6.45, 7) is 5.82. The van der Waals surface area contributed by atoms with Gasteiger partial charge in [-0.15, -0.1) is 0 Å². The number of aliphatic hydroxyl groups is 1. The van der Waals surface area contributed by atoms with E-state index in [0.29, 0.717) is 6.04 Å². The van der Waals surface area contributed by atoms with Gasteiger partial charge in [-0.05, 0) is 32.4 Å². The van der Waals surface area contributed by atoms with Crippen molar-refractivity contribution in [2.45, 2.75) is 32.2 Å². The summed E-state index contributed by atoms with van der Waals surface area (Å²) < 4.78 is 5.22. The molecule has 4 heteroatoms. The van der Waals surface area contributed by atoms with Gasteiger partial charge in [0.2, 0.25) is 0 Å². The van der Waals surface area contributed by atoms with Crippen molar-refractivity contribution in [1.29, 1.82) is 0 Å². The minimum Gasteiger partial charge on any atom is -0.396 e. The molecule has 0 bridgehead atoms. The third-order valence-corrected chi connectivity index (χ3v) is 2.63. The average molecular weight is 218 g/mol. The molecule has 92 valence electrons. The van der Waals surface area contributed by atoms with Crippen LogP contribution in [0, 0.1) is 0 Å². The van der Waals surface area contributed by atoms with Crippen molar-refractivity contribution in [3.63, 3.8) is 0 Å². The molecule has 0 saturated carbocycles. The van der Waals surface area contributed by atoms with Crippen LogP contribution in [-0.4, -0.2) is 56.0 Å². The number of nitrogens with zero attached hydrogens (tertiary/aromatic N) is 1. The van der Waals surface area contributed by atoms with Crippen molar-refractivity contribution in [2.75, 3.05) is 40.0 Å². The number of nitrogens with two attached hydrogens (primary N) is 1. The van der Waals surface area contributed by atoms with Crippen molar-refractivity contribution in [3.8, 4) is 0 Å². The van der Waals surface area contributed by atoms with E-state index in [1.54, 1.807) is 7.11 Å². The zero-order valence-electron chi connectivity index (χ0n) is 10.1. The predicted molar refractivity (Wildman–Crippen MR) is 62.9 cm³/mol. The van der Waals surface area contributed by atoms with Crippen LogP contribution < -0.4 is 5.73 Å². The first-order chi connectivity index (χ1) is 7.29. The fourth-order valence-electron chi connectivity index (χ4n) is 1.79. The van der Waals surface area contributed by atoms with Gasteiger partial charge in [0, 0.05) is 26.3 Å². The van der Waals surface area contributed by atoms with Crippen LogP contribution in [0.2, 0.25) is 0 Å². The van der Waals surface area contributed by atoms with Crippen LogP contribution in [0.15, 0.2) is 0 Å². The summed E-state index contributed by atoms with van der Waals surface area (Å²) in [4.78, 5) is 2.36. The van der Waals surface area contributed by atoms with Crippen LogP contribution in [0.5, 0.6) is 0 Å². The highest BCUT2D eigenvalue weighted by atomic mass is 16.5. The summed E-state index contributed by atoms with van der Waals surface area (Å²) in [5, 5.41) is 8.82. The zero-order chi connectivity index (χ0) is 11.5. The lowest BCUT2D eigenvalue weighted by molar-refractivity contribution is 0.0826. The van der Waals surface area contributed by atoms with Crippen molar-refractivity contribution in [1.82, 2.24) is 4.90 Å². The maximum atomic E-state index is 8.82. The first kappa shape index (κ1) is 14.8. The number of ether oxygens (including phenoxy) is 1. The lowest BCUT2D eigenvalue weighted by atomic mass is 10.1. The topological polar surface area (TPSA) is 58.7 Å². The van der Waals surface area contributed by atoms with Gasteiger partial charge in [0.05, 0.1) is 6.61 Å². The molecule has 0 rings (SSSR count). The van der Waals surface area contributed by atoms with Gasteiger partial charge in [-0.3, -0.25) is 4.90 Å². The second-order valence-corrected chi connectivity index (χ2v) is 3.75. The van der Waals surface area contributed by atoms with E-state index >= 15 is 0 Å². The van der Waals surface area contributed by atoms with Crippen molar-refractivity contribution in [2.24, 2.45) is 5.73 Å². The van der Waals surface area contributed by atoms with Crippen molar-refractivity contribution >= 4 is 0 Å². The second kappa shape index (κ2) is 10.4. The fourth-order valence-corrected chi connectivity index (χ4v) is 1.79. The Morgan fingerprint density at radius 2 is 2.13 bits per heavy atom. The summed E-state index contributed by atoms with van der Waals surface area (Å²) in [7, 11) is 1.73. The summed E-state index contributed by atoms with van der Waals surface area (Å²) in [5.41, 5.74) is 5.52. The maximum Gasteiger partial charge on any atom is 0.0618 e. The molecule has 0 aromatic rings. The number of likely N-dealkylation sites (N-methyl/N-ethyl adjacent to an activating group) is 1. The molecule has 0 aliphatic carbocycles. The lowest BCUT2D eigenvalue weighted by Crippen LogP contribution is -2.39. The second-order valence-electron chi connectivity index (χ2n) is 3.75. The van der Waals surface area contributed by atoms with Crippen molar-refractivity contribution in [3.05, 3.63) is 0 Å². The van der Waals surface area contributed by atoms with Crippen LogP contribution in [0.25, 0.3) is 0 Å². The van der Waals surface area contributed by atoms with Gasteiger partial charge in [-0.25, -0.2) is 0 Å². The largest absolute Gasteiger partial charge is 0.396 e. The molecule has 0 saturated heterocycles. The molecule has 0 spiro atoms. The Bertz CT molecular complexity index is 134. The Labute approximate surface area is 93.4 Å². The van der Waals surface area contributed by atoms with Crippen LogP contribution in [0.4, 0.5) is 0 Å². The SMILES string of the molecule is CCN(CCCO)C(CCCN)COC. The molecule has 0 radical (unpaired) electrons. The van der Waals surface area contributed by atoms with Gasteiger partial charge in [-0.1, -0.05) is 6.92 Å². The third kappa shape index (κ3) is 6.84. The Hall–Kier alpha value is -0.160. The summed E-state index contributed by atoms with van der Waals surface area (Å²) in [6.07, 6.45) is 2.93. The highest BCUT2D eigenvalue weighted by molar-refractivity contribution is 4.70. The number of hydrogen-bond donors (Lipinski definition) is 2. The molecule has 0 aliphatic heterocycles. The quantitative estimate of drug-likeness (QED) is 0.559. The molecule has 1 atom stereocenters. The standard InChI is InChI=1S/C11H26N2O2/c1-3-13(8-5-9-14)11(10-15-2)6-4-7-12/h11,14H,3-10,12H2,1-2H3. The zero-order valence-corrected chi connectivity index (χ0v) is 10.1. The minimum atomic E-state index is 0.257. The number of aliphatic hydroxyl groups excluding tert-OH is 1. The molecule has 0 aromatic heterocycles. The van der Waals surface area contributed by atoms with Gasteiger partial charge in [0.25, 0.3) is 0 Å². The number of rotatable bonds is 10. The first-order valence-electron chi connectivity index (χ1n) is 5.84. The average Bonchev–Trinajstić information content (AvgIpc) is 2.26. The van der Waals surface area contributed by atoms with Crippen LogP contribution >= 0.6 is 0 Å². The van der Waals surface area contributed by atoms with Gasteiger partial charge < -0.3 is 15.6 Å². The van der Waals surface area contributed by atoms with Crippen molar-refractivity contribution < 1.29 is 9.84 Å².